The van der Waals surface area contributed by atoms with Gasteiger partial charge in [-0.05, 0) is 11.5 Å². The maximum Gasteiger partial charge on any atom is 0.285 e. The van der Waals surface area contributed by atoms with Crippen LogP contribution in [0.3, 0.4) is 0 Å². The van der Waals surface area contributed by atoms with Gasteiger partial charge in [-0.2, -0.15) is 5.10 Å². The summed E-state index contributed by atoms with van der Waals surface area (Å²) in [6.07, 6.45) is 0. The van der Waals surface area contributed by atoms with E-state index >= 15 is 0 Å². The fourth-order valence-corrected chi connectivity index (χ4v) is 0.825. The Morgan fingerprint density at radius 3 is 3.00 bits per heavy atom. The molecule has 0 unspecified atom stereocenters. The van der Waals surface area contributed by atoms with Crippen LogP contribution in [-0.4, -0.2) is 23.4 Å². The summed E-state index contributed by atoms with van der Waals surface area (Å²) in [5, 5.41) is 5.69. The number of carbonyl (C=O) groups is 1. The van der Waals surface area contributed by atoms with Crippen LogP contribution in [-0.2, 0) is 0 Å². The molecule has 0 saturated carbocycles. The molecule has 0 aliphatic rings. The number of amides is 1. The quantitative estimate of drug-likeness (QED) is 0.206. The molecule has 1 heterocycles. The zero-order valence-electron chi connectivity index (χ0n) is 7.00. The molecule has 6 nitrogen and oxygen atoms in total. The van der Waals surface area contributed by atoms with Crippen molar-refractivity contribution in [1.29, 1.82) is 0 Å². The highest BCUT2D eigenvalue weighted by atomic mass is 16.2. The number of rotatable bonds is 2. The molecular formula is C6H8BN4O2. The summed E-state index contributed by atoms with van der Waals surface area (Å²) >= 11 is 0. The summed E-state index contributed by atoms with van der Waals surface area (Å²) < 4.78 is 0. The van der Waals surface area contributed by atoms with E-state index in [1.165, 1.54) is 6.07 Å². The van der Waals surface area contributed by atoms with Gasteiger partial charge in [0.2, 0.25) is 0 Å². The first-order valence-corrected chi connectivity index (χ1v) is 3.59. The molecule has 0 bridgehead atoms. The first-order valence-electron chi connectivity index (χ1n) is 3.59. The summed E-state index contributed by atoms with van der Waals surface area (Å²) in [6, 6.07) is 1.36. The van der Waals surface area contributed by atoms with Crippen molar-refractivity contribution in [3.8, 4) is 0 Å². The normalized spacial score (nSPS) is 9.38. The van der Waals surface area contributed by atoms with Crippen LogP contribution in [0.5, 0.6) is 0 Å². The first-order chi connectivity index (χ1) is 6.19. The summed E-state index contributed by atoms with van der Waals surface area (Å²) in [5.74, 6) is 4.35. The van der Waals surface area contributed by atoms with Crippen LogP contribution in [0.4, 0.5) is 0 Å². The number of aromatic nitrogens is 2. The van der Waals surface area contributed by atoms with Crippen LogP contribution < -0.4 is 22.3 Å². The largest absolute Gasteiger partial charge is 0.289 e. The topological polar surface area (TPSA) is 101 Å². The van der Waals surface area contributed by atoms with Crippen molar-refractivity contribution >= 4 is 18.6 Å². The van der Waals surface area contributed by atoms with E-state index in [0.717, 1.165) is 0 Å². The lowest BCUT2D eigenvalue weighted by molar-refractivity contribution is 0.0947. The van der Waals surface area contributed by atoms with Gasteiger partial charge in [0.25, 0.3) is 11.5 Å². The molecule has 0 fully saturated rings. The Morgan fingerprint density at radius 2 is 2.46 bits per heavy atom. The fraction of sp³-hybridized carbons (Fsp3) is 0.167. The minimum atomic E-state index is -0.542. The minimum absolute atomic E-state index is 0.0789. The van der Waals surface area contributed by atoms with Crippen LogP contribution >= 0.6 is 0 Å². The number of carbonyl (C=O) groups excluding carboxylic acids is 1. The third-order valence-corrected chi connectivity index (χ3v) is 1.51. The van der Waals surface area contributed by atoms with E-state index in [-0.39, 0.29) is 11.3 Å². The van der Waals surface area contributed by atoms with Crippen molar-refractivity contribution in [2.24, 2.45) is 5.84 Å². The fourth-order valence-electron chi connectivity index (χ4n) is 0.825. The van der Waals surface area contributed by atoms with Crippen LogP contribution in [0, 0.1) is 0 Å². The number of hydrazine groups is 1. The number of hydrogen-bond donors (Lipinski definition) is 3. The highest BCUT2D eigenvalue weighted by Crippen LogP contribution is 1.84. The summed E-state index contributed by atoms with van der Waals surface area (Å²) in [7, 11) is 1.58. The van der Waals surface area contributed by atoms with E-state index in [0.29, 0.717) is 5.46 Å². The smallest absolute Gasteiger partial charge is 0.285 e. The van der Waals surface area contributed by atoms with Gasteiger partial charge >= 0.3 is 0 Å². The van der Waals surface area contributed by atoms with E-state index in [4.69, 9.17) is 5.84 Å². The SMILES string of the molecule is C[B]c1cc(C(=O)NN)n[nH]c1=O. The number of nitrogens with two attached hydrogens (primary N) is 1. The Hall–Kier alpha value is -1.63. The van der Waals surface area contributed by atoms with Crippen molar-refractivity contribution < 1.29 is 4.79 Å². The van der Waals surface area contributed by atoms with Crippen molar-refractivity contribution in [2.75, 3.05) is 0 Å². The Bertz CT molecular complexity index is 375. The van der Waals surface area contributed by atoms with E-state index in [1.807, 2.05) is 5.43 Å². The predicted molar refractivity (Wildman–Crippen MR) is 47.8 cm³/mol. The summed E-state index contributed by atoms with van der Waals surface area (Å²) in [4.78, 5) is 22.0. The third-order valence-electron chi connectivity index (χ3n) is 1.51. The molecule has 1 aromatic heterocycles. The van der Waals surface area contributed by atoms with Gasteiger partial charge in [-0.1, -0.05) is 6.82 Å². The molecule has 1 radical (unpaired) electrons. The minimum Gasteiger partial charge on any atom is -0.289 e. The lowest BCUT2D eigenvalue weighted by atomic mass is 9.74. The molecule has 0 saturated heterocycles. The van der Waals surface area contributed by atoms with E-state index in [9.17, 15) is 9.59 Å². The molecule has 0 aliphatic carbocycles. The van der Waals surface area contributed by atoms with Gasteiger partial charge in [0.1, 0.15) is 5.69 Å². The van der Waals surface area contributed by atoms with Gasteiger partial charge in [0.15, 0.2) is 7.28 Å². The van der Waals surface area contributed by atoms with Crippen molar-refractivity contribution in [1.82, 2.24) is 15.6 Å². The molecule has 1 rings (SSSR count). The predicted octanol–water partition coefficient (Wildman–Crippen LogP) is -2.25. The standard InChI is InChI=1S/C6H8BN4O2/c1-7-3-2-4(6(13)9-8)10-11-5(3)12/h2H,8H2,1H3,(H,9,13)(H,11,12). The molecule has 4 N–H and O–H groups in total. The van der Waals surface area contributed by atoms with Crippen molar-refractivity contribution in [3.05, 3.63) is 22.1 Å². The zero-order chi connectivity index (χ0) is 9.84. The third kappa shape index (κ3) is 1.94. The molecular weight excluding hydrogens is 171 g/mol. The average molecular weight is 179 g/mol. The molecule has 0 aliphatic heterocycles. The Labute approximate surface area is 74.7 Å². The average Bonchev–Trinajstić information content (AvgIpc) is 2.17. The number of nitrogens with one attached hydrogen (secondary N) is 2. The molecule has 0 aromatic carbocycles. The van der Waals surface area contributed by atoms with Crippen LogP contribution in [0.15, 0.2) is 10.9 Å². The number of hydrogen-bond acceptors (Lipinski definition) is 4. The summed E-state index contributed by atoms with van der Waals surface area (Å²) in [6.45, 7) is 1.69. The van der Waals surface area contributed by atoms with Crippen molar-refractivity contribution in [2.45, 2.75) is 6.82 Å². The second-order valence-electron chi connectivity index (χ2n) is 2.30. The lowest BCUT2D eigenvalue weighted by Crippen LogP contribution is -2.37. The molecule has 0 spiro atoms. The van der Waals surface area contributed by atoms with Crippen LogP contribution in [0.2, 0.25) is 6.82 Å². The maximum absolute atomic E-state index is 11.0. The van der Waals surface area contributed by atoms with E-state index in [2.05, 4.69) is 10.2 Å². The van der Waals surface area contributed by atoms with Gasteiger partial charge in [0, 0.05) is 0 Å². The Balaban J connectivity index is 3.13. The van der Waals surface area contributed by atoms with Crippen LogP contribution in [0.25, 0.3) is 0 Å². The maximum atomic E-state index is 11.0. The Kier molecular flexibility index (Phi) is 2.81. The van der Waals surface area contributed by atoms with Gasteiger partial charge in [-0.25, -0.2) is 10.9 Å². The molecule has 1 amide bonds. The molecule has 13 heavy (non-hydrogen) atoms. The first kappa shape index (κ1) is 9.46. The number of nitrogens with zero attached hydrogens (tertiary/aromatic N) is 1. The summed E-state index contributed by atoms with van der Waals surface area (Å²) in [5.41, 5.74) is 2.04. The second kappa shape index (κ2) is 3.86. The van der Waals surface area contributed by atoms with E-state index < -0.39 is 5.91 Å². The molecule has 0 atom stereocenters. The highest BCUT2D eigenvalue weighted by Gasteiger charge is 2.07. The van der Waals surface area contributed by atoms with E-state index in [1.54, 1.807) is 14.1 Å². The van der Waals surface area contributed by atoms with Crippen LogP contribution in [0.1, 0.15) is 10.5 Å². The highest BCUT2D eigenvalue weighted by molar-refractivity contribution is 6.51. The number of aromatic amines is 1. The Morgan fingerprint density at radius 1 is 1.77 bits per heavy atom. The molecule has 67 valence electrons. The lowest BCUT2D eigenvalue weighted by Gasteiger charge is -1.99. The number of H-pyrrole nitrogens is 1. The molecule has 1 aromatic rings. The number of nitrogen functional groups attached to an aromatic ring is 1. The molecule has 7 heteroatoms. The van der Waals surface area contributed by atoms with Crippen molar-refractivity contribution in [3.63, 3.8) is 0 Å². The van der Waals surface area contributed by atoms with Gasteiger partial charge in [0.05, 0.1) is 0 Å². The zero-order valence-corrected chi connectivity index (χ0v) is 7.00. The monoisotopic (exact) mass is 179 g/mol. The van der Waals surface area contributed by atoms with Gasteiger partial charge < -0.3 is 0 Å². The van der Waals surface area contributed by atoms with Gasteiger partial charge in [-0.3, -0.25) is 15.0 Å². The van der Waals surface area contributed by atoms with Gasteiger partial charge in [-0.15, -0.1) is 0 Å². The second-order valence-corrected chi connectivity index (χ2v) is 2.30.